The highest BCUT2D eigenvalue weighted by Gasteiger charge is 2.11. The summed E-state index contributed by atoms with van der Waals surface area (Å²) in [5.74, 6) is 0.371. The number of benzene rings is 1. The van der Waals surface area contributed by atoms with Gasteiger partial charge in [-0.2, -0.15) is 0 Å². The summed E-state index contributed by atoms with van der Waals surface area (Å²) < 4.78 is 6.99. The van der Waals surface area contributed by atoms with E-state index < -0.39 is 6.09 Å². The molecule has 0 unspecified atom stereocenters. The first kappa shape index (κ1) is 15.5. The van der Waals surface area contributed by atoms with E-state index in [-0.39, 0.29) is 0 Å². The van der Waals surface area contributed by atoms with E-state index in [1.165, 1.54) is 22.6 Å². The zero-order valence-corrected chi connectivity index (χ0v) is 13.4. The van der Waals surface area contributed by atoms with Gasteiger partial charge in [-0.15, -0.1) is 16.3 Å². The number of ether oxygens (including phenoxy) is 1. The van der Waals surface area contributed by atoms with Gasteiger partial charge in [-0.05, 0) is 18.4 Å². The molecule has 1 aromatic carbocycles. The van der Waals surface area contributed by atoms with E-state index in [0.29, 0.717) is 23.9 Å². The lowest BCUT2D eigenvalue weighted by Gasteiger charge is -2.11. The fraction of sp³-hybridized carbons (Fsp3) is 0.375. The van der Waals surface area contributed by atoms with E-state index in [2.05, 4.69) is 40.9 Å². The molecule has 1 aromatic heterocycles. The van der Waals surface area contributed by atoms with Gasteiger partial charge in [0.15, 0.2) is 4.80 Å². The van der Waals surface area contributed by atoms with Crippen molar-refractivity contribution in [3.8, 4) is 0 Å². The van der Waals surface area contributed by atoms with Crippen LogP contribution < -0.4 is 4.80 Å². The van der Waals surface area contributed by atoms with Crippen molar-refractivity contribution in [3.05, 3.63) is 51.8 Å². The predicted molar refractivity (Wildman–Crippen MR) is 84.5 cm³/mol. The SMILES string of the molecule is CCOC(=O)/N=c1\scc(C(C)C)n1Cc1ccccc1. The summed E-state index contributed by atoms with van der Waals surface area (Å²) in [6.45, 7) is 7.09. The minimum absolute atomic E-state index is 0.337. The fourth-order valence-electron chi connectivity index (χ4n) is 2.04. The van der Waals surface area contributed by atoms with E-state index >= 15 is 0 Å². The zero-order valence-electron chi connectivity index (χ0n) is 12.6. The molecular formula is C16H20N2O2S. The average Bonchev–Trinajstić information content (AvgIpc) is 2.83. The second kappa shape index (κ2) is 7.22. The Morgan fingerprint density at radius 2 is 2.05 bits per heavy atom. The molecule has 4 nitrogen and oxygen atoms in total. The topological polar surface area (TPSA) is 43.6 Å². The molecule has 0 aliphatic heterocycles. The molecule has 0 saturated heterocycles. The smallest absolute Gasteiger partial charge is 0.436 e. The molecule has 0 saturated carbocycles. The van der Waals surface area contributed by atoms with Crippen LogP contribution in [0.2, 0.25) is 0 Å². The molecule has 21 heavy (non-hydrogen) atoms. The van der Waals surface area contributed by atoms with Gasteiger partial charge in [0.25, 0.3) is 0 Å². The first-order valence-electron chi connectivity index (χ1n) is 7.05. The summed E-state index contributed by atoms with van der Waals surface area (Å²) in [5.41, 5.74) is 2.36. The van der Waals surface area contributed by atoms with E-state index in [4.69, 9.17) is 4.74 Å². The van der Waals surface area contributed by atoms with Crippen molar-refractivity contribution < 1.29 is 9.53 Å². The summed E-state index contributed by atoms with van der Waals surface area (Å²) in [4.78, 5) is 16.4. The predicted octanol–water partition coefficient (Wildman–Crippen LogP) is 3.78. The zero-order chi connectivity index (χ0) is 15.2. The van der Waals surface area contributed by atoms with E-state index in [1.807, 2.05) is 18.2 Å². The summed E-state index contributed by atoms with van der Waals surface area (Å²) in [6, 6.07) is 10.2. The number of rotatable bonds is 4. The molecule has 1 amide bonds. The van der Waals surface area contributed by atoms with Crippen LogP contribution in [0, 0.1) is 0 Å². The van der Waals surface area contributed by atoms with Crippen LogP contribution in [0.4, 0.5) is 4.79 Å². The van der Waals surface area contributed by atoms with Gasteiger partial charge in [0, 0.05) is 11.1 Å². The lowest BCUT2D eigenvalue weighted by Crippen LogP contribution is -2.20. The molecular weight excluding hydrogens is 284 g/mol. The third-order valence-corrected chi connectivity index (χ3v) is 3.94. The Labute approximate surface area is 128 Å². The van der Waals surface area contributed by atoms with Gasteiger partial charge in [-0.3, -0.25) is 0 Å². The molecule has 112 valence electrons. The minimum atomic E-state index is -0.531. The van der Waals surface area contributed by atoms with Crippen molar-refractivity contribution in [2.45, 2.75) is 33.2 Å². The Balaban J connectivity index is 2.41. The number of amides is 1. The highest BCUT2D eigenvalue weighted by Crippen LogP contribution is 2.16. The maximum absolute atomic E-state index is 11.6. The fourth-order valence-corrected chi connectivity index (χ4v) is 3.09. The van der Waals surface area contributed by atoms with Gasteiger partial charge in [0.2, 0.25) is 0 Å². The first-order chi connectivity index (χ1) is 10.1. The number of nitrogens with zero attached hydrogens (tertiary/aromatic N) is 2. The van der Waals surface area contributed by atoms with Gasteiger partial charge in [0.1, 0.15) is 0 Å². The summed E-state index contributed by atoms with van der Waals surface area (Å²) in [7, 11) is 0. The van der Waals surface area contributed by atoms with Crippen molar-refractivity contribution in [1.29, 1.82) is 0 Å². The summed E-state index contributed by atoms with van der Waals surface area (Å²) in [5, 5.41) is 2.06. The Hall–Kier alpha value is -1.88. The second-order valence-corrected chi connectivity index (χ2v) is 5.82. The molecule has 5 heteroatoms. The summed E-state index contributed by atoms with van der Waals surface area (Å²) >= 11 is 1.47. The molecule has 2 rings (SSSR count). The van der Waals surface area contributed by atoms with Crippen molar-refractivity contribution in [1.82, 2.24) is 4.57 Å². The number of hydrogen-bond acceptors (Lipinski definition) is 3. The van der Waals surface area contributed by atoms with Gasteiger partial charge in [-0.25, -0.2) is 4.79 Å². The summed E-state index contributed by atoms with van der Waals surface area (Å²) in [6.07, 6.45) is -0.531. The van der Waals surface area contributed by atoms with Crippen molar-refractivity contribution in [2.24, 2.45) is 4.99 Å². The third-order valence-electron chi connectivity index (χ3n) is 3.06. The van der Waals surface area contributed by atoms with Crippen LogP contribution in [0.3, 0.4) is 0 Å². The van der Waals surface area contributed by atoms with Gasteiger partial charge in [-0.1, -0.05) is 44.2 Å². The standard InChI is InChI=1S/C16H20N2O2S/c1-4-20-16(19)17-15-18(14(11-21-15)12(2)3)10-13-8-6-5-7-9-13/h5-9,11-12H,4,10H2,1-3H3/b17-15-. The number of thiazole rings is 1. The second-order valence-electron chi connectivity index (χ2n) is 4.98. The largest absolute Gasteiger partial charge is 0.448 e. The average molecular weight is 304 g/mol. The molecule has 0 fully saturated rings. The number of carbonyl (C=O) groups excluding carboxylic acids is 1. The quantitative estimate of drug-likeness (QED) is 0.863. The minimum Gasteiger partial charge on any atom is -0.448 e. The Kier molecular flexibility index (Phi) is 5.33. The monoisotopic (exact) mass is 304 g/mol. The van der Waals surface area contributed by atoms with Crippen LogP contribution >= 0.6 is 11.3 Å². The number of hydrogen-bond donors (Lipinski definition) is 0. The van der Waals surface area contributed by atoms with Crippen LogP contribution in [-0.4, -0.2) is 17.3 Å². The van der Waals surface area contributed by atoms with Crippen LogP contribution in [0.25, 0.3) is 0 Å². The molecule has 0 atom stereocenters. The van der Waals surface area contributed by atoms with Crippen molar-refractivity contribution in [2.75, 3.05) is 6.61 Å². The molecule has 0 radical (unpaired) electrons. The Bertz CT molecular complexity index is 656. The van der Waals surface area contributed by atoms with E-state index in [9.17, 15) is 4.79 Å². The molecule has 2 aromatic rings. The van der Waals surface area contributed by atoms with Gasteiger partial charge >= 0.3 is 6.09 Å². The van der Waals surface area contributed by atoms with Crippen LogP contribution in [0.15, 0.2) is 40.7 Å². The van der Waals surface area contributed by atoms with Gasteiger partial charge < -0.3 is 9.30 Å². The molecule has 0 N–H and O–H groups in total. The highest BCUT2D eigenvalue weighted by molar-refractivity contribution is 7.07. The Morgan fingerprint density at radius 3 is 2.67 bits per heavy atom. The van der Waals surface area contributed by atoms with E-state index in [0.717, 1.165) is 0 Å². The van der Waals surface area contributed by atoms with Crippen LogP contribution in [0.1, 0.15) is 37.9 Å². The van der Waals surface area contributed by atoms with E-state index in [1.54, 1.807) is 6.92 Å². The van der Waals surface area contributed by atoms with Crippen molar-refractivity contribution in [3.63, 3.8) is 0 Å². The lowest BCUT2D eigenvalue weighted by atomic mass is 10.1. The molecule has 0 aliphatic rings. The first-order valence-corrected chi connectivity index (χ1v) is 7.93. The molecule has 0 bridgehead atoms. The lowest BCUT2D eigenvalue weighted by molar-refractivity contribution is 0.162. The molecule has 0 aliphatic carbocycles. The van der Waals surface area contributed by atoms with Crippen molar-refractivity contribution >= 4 is 17.4 Å². The maximum atomic E-state index is 11.6. The van der Waals surface area contributed by atoms with Crippen LogP contribution in [0.5, 0.6) is 0 Å². The third kappa shape index (κ3) is 4.04. The number of aromatic nitrogens is 1. The number of carbonyl (C=O) groups is 1. The Morgan fingerprint density at radius 1 is 1.33 bits per heavy atom. The normalized spacial score (nSPS) is 11.9. The molecule has 1 heterocycles. The maximum Gasteiger partial charge on any atom is 0.436 e. The van der Waals surface area contributed by atoms with Gasteiger partial charge in [0.05, 0.1) is 13.2 Å². The molecule has 0 spiro atoms. The van der Waals surface area contributed by atoms with Crippen LogP contribution in [-0.2, 0) is 11.3 Å². The highest BCUT2D eigenvalue weighted by atomic mass is 32.1.